The maximum atomic E-state index is 11.8. The van der Waals surface area contributed by atoms with Crippen LogP contribution < -0.4 is 0 Å². The molecule has 4 heteroatoms. The summed E-state index contributed by atoms with van der Waals surface area (Å²) >= 11 is 0. The van der Waals surface area contributed by atoms with Gasteiger partial charge in [0.15, 0.2) is 5.78 Å². The van der Waals surface area contributed by atoms with Crippen molar-refractivity contribution < 1.29 is 19.1 Å². The van der Waals surface area contributed by atoms with Crippen molar-refractivity contribution in [3.05, 3.63) is 0 Å². The molecule has 0 bridgehead atoms. The van der Waals surface area contributed by atoms with Gasteiger partial charge >= 0.3 is 5.97 Å². The topological polar surface area (TPSA) is 52.6 Å². The van der Waals surface area contributed by atoms with Gasteiger partial charge in [-0.2, -0.15) is 0 Å². The monoisotopic (exact) mass is 216 g/mol. The Morgan fingerprint density at radius 1 is 1.13 bits per heavy atom. The van der Waals surface area contributed by atoms with E-state index in [2.05, 4.69) is 0 Å². The Hall–Kier alpha value is -0.900. The van der Waals surface area contributed by atoms with Gasteiger partial charge in [0.1, 0.15) is 12.0 Å². The third-order valence-electron chi connectivity index (χ3n) is 2.65. The van der Waals surface area contributed by atoms with Gasteiger partial charge in [0.05, 0.1) is 6.61 Å². The molecule has 0 spiro atoms. The molecule has 0 aromatic rings. The van der Waals surface area contributed by atoms with Crippen LogP contribution in [0, 0.1) is 0 Å². The lowest BCUT2D eigenvalue weighted by molar-refractivity contribution is -0.153. The van der Waals surface area contributed by atoms with Crippen molar-refractivity contribution in [2.24, 2.45) is 0 Å². The van der Waals surface area contributed by atoms with Gasteiger partial charge in [-0.1, -0.05) is 13.8 Å². The van der Waals surface area contributed by atoms with E-state index in [-0.39, 0.29) is 12.2 Å². The second kappa shape index (κ2) is 6.56. The van der Waals surface area contributed by atoms with Crippen LogP contribution in [-0.2, 0) is 19.1 Å². The van der Waals surface area contributed by atoms with Gasteiger partial charge < -0.3 is 9.47 Å². The molecule has 0 rings (SSSR count). The summed E-state index contributed by atoms with van der Waals surface area (Å²) in [5.41, 5.74) is -0.827. The molecule has 0 fully saturated rings. The average Bonchev–Trinajstić information content (AvgIpc) is 2.21. The highest BCUT2D eigenvalue weighted by Crippen LogP contribution is 2.22. The number of rotatable bonds is 7. The molecule has 0 atom stereocenters. The molecule has 0 saturated heterocycles. The normalized spacial score (nSPS) is 11.2. The van der Waals surface area contributed by atoms with Crippen LogP contribution in [0.25, 0.3) is 0 Å². The Morgan fingerprint density at radius 3 is 2.00 bits per heavy atom. The smallest absolute Gasteiger partial charge is 0.313 e. The summed E-state index contributed by atoms with van der Waals surface area (Å²) in [6.07, 6.45) is 0.930. The van der Waals surface area contributed by atoms with Crippen LogP contribution in [0.1, 0.15) is 40.0 Å². The summed E-state index contributed by atoms with van der Waals surface area (Å²) in [6.45, 7) is 5.75. The lowest BCUT2D eigenvalue weighted by Crippen LogP contribution is -2.40. The number of esters is 1. The number of carbonyl (C=O) groups is 2. The Kier molecular flexibility index (Phi) is 6.17. The first-order valence-corrected chi connectivity index (χ1v) is 5.30. The van der Waals surface area contributed by atoms with Crippen molar-refractivity contribution in [1.29, 1.82) is 0 Å². The van der Waals surface area contributed by atoms with E-state index < -0.39 is 11.6 Å². The van der Waals surface area contributed by atoms with Gasteiger partial charge in [-0.15, -0.1) is 0 Å². The number of methoxy groups -OCH3 is 1. The minimum absolute atomic E-state index is 0.201. The molecule has 0 aromatic heterocycles. The number of hydrogen-bond donors (Lipinski definition) is 0. The molecule has 0 aliphatic carbocycles. The van der Waals surface area contributed by atoms with E-state index in [1.54, 1.807) is 6.92 Å². The molecule has 4 nitrogen and oxygen atoms in total. The summed E-state index contributed by atoms with van der Waals surface area (Å²) in [5.74, 6) is -0.681. The van der Waals surface area contributed by atoms with E-state index in [9.17, 15) is 9.59 Å². The van der Waals surface area contributed by atoms with E-state index in [0.29, 0.717) is 19.4 Å². The standard InChI is InChI=1S/C11H20O4/c1-5-11(6-2,14-4)9(12)8-10(13)15-7-3/h5-8H2,1-4H3. The van der Waals surface area contributed by atoms with Gasteiger partial charge in [-0.3, -0.25) is 9.59 Å². The predicted octanol–water partition coefficient (Wildman–Crippen LogP) is 1.71. The van der Waals surface area contributed by atoms with Crippen molar-refractivity contribution >= 4 is 11.8 Å². The minimum Gasteiger partial charge on any atom is -0.466 e. The minimum atomic E-state index is -0.827. The van der Waals surface area contributed by atoms with E-state index in [0.717, 1.165) is 0 Å². The number of ether oxygens (including phenoxy) is 2. The van der Waals surface area contributed by atoms with Crippen LogP contribution in [0.2, 0.25) is 0 Å². The molecule has 0 N–H and O–H groups in total. The fourth-order valence-electron chi connectivity index (χ4n) is 1.55. The summed E-state index contributed by atoms with van der Waals surface area (Å²) in [6, 6.07) is 0. The fourth-order valence-corrected chi connectivity index (χ4v) is 1.55. The van der Waals surface area contributed by atoms with Crippen LogP contribution in [0.5, 0.6) is 0 Å². The first-order valence-electron chi connectivity index (χ1n) is 5.30. The van der Waals surface area contributed by atoms with E-state index in [4.69, 9.17) is 9.47 Å². The highest BCUT2D eigenvalue weighted by atomic mass is 16.5. The van der Waals surface area contributed by atoms with Gasteiger partial charge in [-0.25, -0.2) is 0 Å². The van der Waals surface area contributed by atoms with Gasteiger partial charge in [0, 0.05) is 7.11 Å². The summed E-state index contributed by atoms with van der Waals surface area (Å²) in [5, 5.41) is 0. The molecular weight excluding hydrogens is 196 g/mol. The molecule has 0 amide bonds. The molecular formula is C11H20O4. The van der Waals surface area contributed by atoms with Crippen molar-refractivity contribution in [2.75, 3.05) is 13.7 Å². The predicted molar refractivity (Wildman–Crippen MR) is 56.6 cm³/mol. The first kappa shape index (κ1) is 14.1. The lowest BCUT2D eigenvalue weighted by atomic mass is 9.90. The molecule has 0 saturated carbocycles. The van der Waals surface area contributed by atoms with Gasteiger partial charge in [0.2, 0.25) is 0 Å². The highest BCUT2D eigenvalue weighted by molar-refractivity contribution is 6.00. The van der Waals surface area contributed by atoms with Crippen LogP contribution >= 0.6 is 0 Å². The van der Waals surface area contributed by atoms with Crippen molar-refractivity contribution in [3.63, 3.8) is 0 Å². The zero-order chi connectivity index (χ0) is 11.9. The zero-order valence-electron chi connectivity index (χ0n) is 9.96. The molecule has 15 heavy (non-hydrogen) atoms. The molecule has 0 aromatic carbocycles. The lowest BCUT2D eigenvalue weighted by Gasteiger charge is -2.27. The number of carbonyl (C=O) groups excluding carboxylic acids is 2. The SMILES string of the molecule is CCOC(=O)CC(=O)C(CC)(CC)OC. The van der Waals surface area contributed by atoms with Crippen LogP contribution in [0.15, 0.2) is 0 Å². The second-order valence-electron chi connectivity index (χ2n) is 3.31. The van der Waals surface area contributed by atoms with Crippen LogP contribution in [0.4, 0.5) is 0 Å². The van der Waals surface area contributed by atoms with Gasteiger partial charge in [-0.05, 0) is 19.8 Å². The average molecular weight is 216 g/mol. The Balaban J connectivity index is 4.45. The van der Waals surface area contributed by atoms with E-state index in [1.165, 1.54) is 7.11 Å². The Morgan fingerprint density at radius 2 is 1.67 bits per heavy atom. The first-order chi connectivity index (χ1) is 7.06. The molecule has 0 unspecified atom stereocenters. The van der Waals surface area contributed by atoms with Crippen molar-refractivity contribution in [2.45, 2.75) is 45.6 Å². The summed E-state index contributed by atoms with van der Waals surface area (Å²) < 4.78 is 9.95. The number of Topliss-reactive ketones (excluding diaryl/α,β-unsaturated/α-hetero) is 1. The molecule has 0 aliphatic rings. The zero-order valence-corrected chi connectivity index (χ0v) is 9.96. The maximum Gasteiger partial charge on any atom is 0.313 e. The van der Waals surface area contributed by atoms with Crippen LogP contribution in [-0.4, -0.2) is 31.1 Å². The van der Waals surface area contributed by atoms with E-state index in [1.807, 2.05) is 13.8 Å². The molecule has 88 valence electrons. The Bertz CT molecular complexity index is 210. The quantitative estimate of drug-likeness (QED) is 0.480. The maximum absolute atomic E-state index is 11.8. The number of hydrogen-bond acceptors (Lipinski definition) is 4. The largest absolute Gasteiger partial charge is 0.466 e. The number of ketones is 1. The van der Waals surface area contributed by atoms with Crippen LogP contribution in [0.3, 0.4) is 0 Å². The molecule has 0 radical (unpaired) electrons. The van der Waals surface area contributed by atoms with Gasteiger partial charge in [0.25, 0.3) is 0 Å². The third kappa shape index (κ3) is 3.63. The summed E-state index contributed by atoms with van der Waals surface area (Å²) in [4.78, 5) is 23.0. The highest BCUT2D eigenvalue weighted by Gasteiger charge is 2.35. The molecule has 0 heterocycles. The third-order valence-corrected chi connectivity index (χ3v) is 2.65. The molecule has 0 aliphatic heterocycles. The Labute approximate surface area is 90.9 Å². The van der Waals surface area contributed by atoms with Crippen molar-refractivity contribution in [3.8, 4) is 0 Å². The second-order valence-corrected chi connectivity index (χ2v) is 3.31. The summed E-state index contributed by atoms with van der Waals surface area (Å²) in [7, 11) is 1.50. The fraction of sp³-hybridized carbons (Fsp3) is 0.818. The van der Waals surface area contributed by atoms with E-state index >= 15 is 0 Å². The van der Waals surface area contributed by atoms with Crippen molar-refractivity contribution in [1.82, 2.24) is 0 Å².